The van der Waals surface area contributed by atoms with Crippen LogP contribution in [0.1, 0.15) is 24.1 Å². The van der Waals surface area contributed by atoms with Crippen LogP contribution in [0.25, 0.3) is 0 Å². The Hall–Kier alpha value is -3.40. The van der Waals surface area contributed by atoms with Crippen molar-refractivity contribution in [3.8, 4) is 0 Å². The number of nitrogens with zero attached hydrogens (tertiary/aromatic N) is 2. The lowest BCUT2D eigenvalue weighted by atomic mass is 9.90. The largest absolute Gasteiger partial charge is 0.473 e. The van der Waals surface area contributed by atoms with Crippen molar-refractivity contribution in [2.45, 2.75) is 25.8 Å². The number of carbonyl (C=O) groups excluding carboxylic acids is 1. The van der Waals surface area contributed by atoms with Crippen molar-refractivity contribution in [3.63, 3.8) is 0 Å². The Morgan fingerprint density at radius 3 is 2.53 bits per heavy atom. The molecule has 2 aromatic rings. The van der Waals surface area contributed by atoms with Crippen LogP contribution in [0.3, 0.4) is 0 Å². The van der Waals surface area contributed by atoms with Crippen molar-refractivity contribution in [1.82, 2.24) is 14.9 Å². The first kappa shape index (κ1) is 22.9. The number of nitrogens with one attached hydrogen (secondary N) is 1. The zero-order valence-corrected chi connectivity index (χ0v) is 16.1. The van der Waals surface area contributed by atoms with Gasteiger partial charge in [-0.05, 0) is 24.5 Å². The average Bonchev–Trinajstić information content (AvgIpc) is 2.71. The topological polar surface area (TPSA) is 141 Å². The van der Waals surface area contributed by atoms with Gasteiger partial charge in [-0.15, -0.1) is 0 Å². The zero-order valence-electron chi connectivity index (χ0n) is 16.1. The Bertz CT molecular complexity index is 949. The van der Waals surface area contributed by atoms with Gasteiger partial charge in [0.25, 0.3) is 5.56 Å². The van der Waals surface area contributed by atoms with Gasteiger partial charge in [-0.25, -0.2) is 14.0 Å². The van der Waals surface area contributed by atoms with Gasteiger partial charge >= 0.3 is 11.9 Å². The second-order valence-corrected chi connectivity index (χ2v) is 6.75. The van der Waals surface area contributed by atoms with Crippen LogP contribution in [0.4, 0.5) is 4.39 Å². The fraction of sp³-hybridized carbons (Fsp3) is 0.350. The van der Waals surface area contributed by atoms with Crippen molar-refractivity contribution < 1.29 is 29.0 Å². The molecule has 3 N–H and O–H groups in total. The number of aryl methyl sites for hydroxylation is 1. The highest BCUT2D eigenvalue weighted by molar-refractivity contribution is 6.27. The smallest absolute Gasteiger partial charge is 0.414 e. The number of aromatic amines is 1. The summed E-state index contributed by atoms with van der Waals surface area (Å²) in [5.41, 5.74) is 0.903. The van der Waals surface area contributed by atoms with E-state index in [0.717, 1.165) is 0 Å². The van der Waals surface area contributed by atoms with Crippen LogP contribution in [0.2, 0.25) is 0 Å². The zero-order chi connectivity index (χ0) is 22.1. The summed E-state index contributed by atoms with van der Waals surface area (Å²) in [7, 11) is 0. The van der Waals surface area contributed by atoms with E-state index >= 15 is 0 Å². The molecular weight excluding hydrogens is 397 g/mol. The Balaban J connectivity index is 0.000000469. The molecule has 1 aromatic heterocycles. The summed E-state index contributed by atoms with van der Waals surface area (Å²) < 4.78 is 13.7. The molecule has 0 bridgehead atoms. The Kier molecular flexibility index (Phi) is 8.36. The maximum absolute atomic E-state index is 13.7. The Labute approximate surface area is 171 Å². The third-order valence-corrected chi connectivity index (χ3v) is 4.67. The Morgan fingerprint density at radius 1 is 1.20 bits per heavy atom. The Morgan fingerprint density at radius 2 is 1.90 bits per heavy atom. The first-order chi connectivity index (χ1) is 14.3. The van der Waals surface area contributed by atoms with E-state index in [-0.39, 0.29) is 23.1 Å². The standard InChI is InChI=1S/C18H20FN3O2.C2H2O4/c19-15-4-2-1-3-13(15)5-6-14-11-22(10-7-17(14)23)12-16-18(24)21-9-8-20-16;3-1(4)2(5)6/h1-4,8-9,14H,5-7,10-12H2,(H,21,24);(H,3,4)(H,5,6). The molecule has 1 fully saturated rings. The second kappa shape index (κ2) is 11.0. The van der Waals surface area contributed by atoms with Crippen LogP contribution in [0, 0.1) is 11.7 Å². The summed E-state index contributed by atoms with van der Waals surface area (Å²) in [6.45, 7) is 1.65. The molecule has 1 aliphatic rings. The van der Waals surface area contributed by atoms with Crippen molar-refractivity contribution in [2.75, 3.05) is 13.1 Å². The molecule has 0 aliphatic carbocycles. The van der Waals surface area contributed by atoms with Gasteiger partial charge in [0, 0.05) is 44.4 Å². The van der Waals surface area contributed by atoms with Gasteiger partial charge in [-0.2, -0.15) is 0 Å². The lowest BCUT2D eigenvalue weighted by molar-refractivity contribution is -0.159. The number of halogens is 1. The monoisotopic (exact) mass is 419 g/mol. The molecule has 1 aromatic carbocycles. The summed E-state index contributed by atoms with van der Waals surface area (Å²) in [5, 5.41) is 14.8. The third kappa shape index (κ3) is 6.89. The quantitative estimate of drug-likeness (QED) is 0.612. The fourth-order valence-electron chi connectivity index (χ4n) is 3.11. The maximum Gasteiger partial charge on any atom is 0.414 e. The number of ketones is 1. The first-order valence-corrected chi connectivity index (χ1v) is 9.25. The molecule has 0 spiro atoms. The number of carboxylic acid groups (broad SMARTS) is 2. The lowest BCUT2D eigenvalue weighted by Gasteiger charge is -2.31. The number of carbonyl (C=O) groups is 3. The molecule has 10 heteroatoms. The normalized spacial score (nSPS) is 16.4. The van der Waals surface area contributed by atoms with E-state index in [2.05, 4.69) is 14.9 Å². The minimum atomic E-state index is -1.82. The first-order valence-electron chi connectivity index (χ1n) is 9.25. The molecular formula is C20H22FN3O6. The van der Waals surface area contributed by atoms with Crippen LogP contribution in [0.15, 0.2) is 41.5 Å². The second-order valence-electron chi connectivity index (χ2n) is 6.75. The minimum absolute atomic E-state index is 0.124. The fourth-order valence-corrected chi connectivity index (χ4v) is 3.11. The molecule has 0 radical (unpaired) electrons. The number of rotatable bonds is 5. The highest BCUT2D eigenvalue weighted by atomic mass is 19.1. The van der Waals surface area contributed by atoms with Gasteiger partial charge in [0.1, 0.15) is 17.3 Å². The molecule has 1 atom stereocenters. The molecule has 160 valence electrons. The number of carboxylic acids is 2. The van der Waals surface area contributed by atoms with Crippen LogP contribution in [-0.2, 0) is 27.3 Å². The number of aromatic nitrogens is 2. The van der Waals surface area contributed by atoms with Crippen molar-refractivity contribution in [1.29, 1.82) is 0 Å². The molecule has 0 saturated carbocycles. The number of likely N-dealkylation sites (tertiary alicyclic amines) is 1. The van der Waals surface area contributed by atoms with E-state index in [9.17, 15) is 14.0 Å². The number of benzene rings is 1. The number of Topliss-reactive ketones (excluding diaryl/α,β-unsaturated/α-hetero) is 1. The summed E-state index contributed by atoms with van der Waals surface area (Å²) in [6, 6.07) is 6.67. The van der Waals surface area contributed by atoms with E-state index in [1.807, 2.05) is 0 Å². The molecule has 1 unspecified atom stereocenters. The van der Waals surface area contributed by atoms with Gasteiger partial charge in [-0.1, -0.05) is 18.2 Å². The predicted octanol–water partition coefficient (Wildman–Crippen LogP) is 1.09. The van der Waals surface area contributed by atoms with Gasteiger partial charge in [0.05, 0.1) is 0 Å². The van der Waals surface area contributed by atoms with E-state index in [0.29, 0.717) is 50.2 Å². The van der Waals surface area contributed by atoms with Crippen LogP contribution < -0.4 is 5.56 Å². The van der Waals surface area contributed by atoms with Gasteiger partial charge in [0.2, 0.25) is 0 Å². The molecule has 3 rings (SSSR count). The molecule has 1 aliphatic heterocycles. The van der Waals surface area contributed by atoms with Crippen LogP contribution in [0.5, 0.6) is 0 Å². The van der Waals surface area contributed by atoms with Crippen LogP contribution in [-0.4, -0.2) is 55.9 Å². The van der Waals surface area contributed by atoms with Gasteiger partial charge in [-0.3, -0.25) is 19.5 Å². The third-order valence-electron chi connectivity index (χ3n) is 4.67. The summed E-state index contributed by atoms with van der Waals surface area (Å²) in [5.74, 6) is -3.78. The van der Waals surface area contributed by atoms with E-state index in [4.69, 9.17) is 19.8 Å². The number of hydrogen-bond donors (Lipinski definition) is 3. The average molecular weight is 419 g/mol. The highest BCUT2D eigenvalue weighted by Crippen LogP contribution is 2.20. The van der Waals surface area contributed by atoms with Crippen molar-refractivity contribution >= 4 is 17.7 Å². The number of H-pyrrole nitrogens is 1. The molecule has 2 heterocycles. The van der Waals surface area contributed by atoms with E-state index in [1.54, 1.807) is 24.4 Å². The van der Waals surface area contributed by atoms with Gasteiger partial charge < -0.3 is 15.2 Å². The summed E-state index contributed by atoms with van der Waals surface area (Å²) >= 11 is 0. The number of piperidine rings is 1. The van der Waals surface area contributed by atoms with Crippen LogP contribution >= 0.6 is 0 Å². The minimum Gasteiger partial charge on any atom is -0.473 e. The maximum atomic E-state index is 13.7. The summed E-state index contributed by atoms with van der Waals surface area (Å²) in [6.07, 6.45) is 4.69. The molecule has 30 heavy (non-hydrogen) atoms. The number of hydrogen-bond acceptors (Lipinski definition) is 6. The molecule has 9 nitrogen and oxygen atoms in total. The van der Waals surface area contributed by atoms with E-state index in [1.165, 1.54) is 12.3 Å². The summed E-state index contributed by atoms with van der Waals surface area (Å²) in [4.78, 5) is 50.9. The SMILES string of the molecule is O=C(O)C(=O)O.O=C1CCN(Cc2ncc[nH]c2=O)CC1CCc1ccccc1F. The predicted molar refractivity (Wildman–Crippen MR) is 103 cm³/mol. The van der Waals surface area contributed by atoms with E-state index < -0.39 is 11.9 Å². The highest BCUT2D eigenvalue weighted by Gasteiger charge is 2.27. The van der Waals surface area contributed by atoms with Gasteiger partial charge in [0.15, 0.2) is 0 Å². The number of aliphatic carboxylic acids is 2. The molecule has 0 amide bonds. The van der Waals surface area contributed by atoms with Crippen molar-refractivity contribution in [2.24, 2.45) is 5.92 Å². The lowest BCUT2D eigenvalue weighted by Crippen LogP contribution is -2.41. The molecule has 1 saturated heterocycles. The van der Waals surface area contributed by atoms with Crippen molar-refractivity contribution in [3.05, 3.63) is 64.1 Å².